The molecule has 2 heterocycles. The van der Waals surface area contributed by atoms with E-state index in [-0.39, 0.29) is 17.8 Å². The van der Waals surface area contributed by atoms with E-state index in [0.29, 0.717) is 22.3 Å². The third kappa shape index (κ3) is 4.67. The van der Waals surface area contributed by atoms with Gasteiger partial charge in [0.2, 0.25) is 0 Å². The van der Waals surface area contributed by atoms with Gasteiger partial charge >= 0.3 is 0 Å². The first-order valence-corrected chi connectivity index (χ1v) is 12.1. The first-order valence-electron chi connectivity index (χ1n) is 11.3. The van der Waals surface area contributed by atoms with Gasteiger partial charge in [0.15, 0.2) is 5.17 Å². The van der Waals surface area contributed by atoms with Crippen molar-refractivity contribution in [3.63, 3.8) is 0 Å². The van der Waals surface area contributed by atoms with Crippen LogP contribution in [0.1, 0.15) is 38.4 Å². The standard InChI is InChI=1S/C27H25FN2O2S/c1-18-7-5-6-10-23(18)30-26(31)25(33-27(30)29-21-8-3-2-4-9-21)17-22-15-16-24(32-22)19-11-13-20(28)14-12-19/h2-4,8-9,11-18,23H,5-7,10H2,1H3/b25-17-,29-27?/t18-,23+/m1/s1. The summed E-state index contributed by atoms with van der Waals surface area (Å²) in [5.74, 6) is 1.34. The maximum absolute atomic E-state index is 13.5. The van der Waals surface area contributed by atoms with Crippen LogP contribution in [0.5, 0.6) is 0 Å². The number of carbonyl (C=O) groups excluding carboxylic acids is 1. The predicted molar refractivity (Wildman–Crippen MR) is 131 cm³/mol. The van der Waals surface area contributed by atoms with Crippen LogP contribution in [0.25, 0.3) is 17.4 Å². The number of nitrogens with zero attached hydrogens (tertiary/aromatic N) is 2. The molecule has 6 heteroatoms. The highest BCUT2D eigenvalue weighted by molar-refractivity contribution is 8.18. The Morgan fingerprint density at radius 1 is 1.03 bits per heavy atom. The highest BCUT2D eigenvalue weighted by Gasteiger charge is 2.41. The van der Waals surface area contributed by atoms with Crippen LogP contribution < -0.4 is 0 Å². The fraction of sp³-hybridized carbons (Fsp3) is 0.259. The molecule has 2 fully saturated rings. The van der Waals surface area contributed by atoms with E-state index < -0.39 is 0 Å². The molecule has 0 radical (unpaired) electrons. The molecule has 1 aliphatic heterocycles. The van der Waals surface area contributed by atoms with Gasteiger partial charge in [-0.05, 0) is 79.1 Å². The lowest BCUT2D eigenvalue weighted by Crippen LogP contribution is -2.44. The zero-order valence-electron chi connectivity index (χ0n) is 18.4. The molecule has 1 saturated heterocycles. The number of hydrogen-bond acceptors (Lipinski definition) is 4. The lowest BCUT2D eigenvalue weighted by molar-refractivity contribution is -0.124. The molecule has 1 saturated carbocycles. The van der Waals surface area contributed by atoms with Gasteiger partial charge in [0.05, 0.1) is 10.6 Å². The van der Waals surface area contributed by atoms with Crippen molar-refractivity contribution in [3.8, 4) is 11.3 Å². The molecule has 2 aromatic carbocycles. The van der Waals surface area contributed by atoms with Crippen LogP contribution in [0.3, 0.4) is 0 Å². The zero-order valence-corrected chi connectivity index (χ0v) is 19.2. The minimum absolute atomic E-state index is 0.0202. The molecule has 0 spiro atoms. The smallest absolute Gasteiger partial charge is 0.267 e. The molecule has 1 amide bonds. The Bertz CT molecular complexity index is 1200. The van der Waals surface area contributed by atoms with Crippen molar-refractivity contribution in [1.82, 2.24) is 4.90 Å². The van der Waals surface area contributed by atoms with Gasteiger partial charge in [0, 0.05) is 17.7 Å². The summed E-state index contributed by atoms with van der Waals surface area (Å²) < 4.78 is 19.2. The van der Waals surface area contributed by atoms with Gasteiger partial charge in [-0.15, -0.1) is 0 Å². The average Bonchev–Trinajstić information content (AvgIpc) is 3.40. The van der Waals surface area contributed by atoms with Gasteiger partial charge in [-0.1, -0.05) is 38.0 Å². The quantitative estimate of drug-likeness (QED) is 0.385. The average molecular weight is 461 g/mol. The maximum atomic E-state index is 13.5. The summed E-state index contributed by atoms with van der Waals surface area (Å²) >= 11 is 1.40. The van der Waals surface area contributed by atoms with E-state index >= 15 is 0 Å². The SMILES string of the molecule is C[C@@H]1CCCC[C@@H]1N1C(=O)/C(=C/c2ccc(-c3ccc(F)cc3)o2)SC1=Nc1ccccc1. The number of amidine groups is 1. The summed E-state index contributed by atoms with van der Waals surface area (Å²) in [6.45, 7) is 2.23. The number of carbonyl (C=O) groups is 1. The van der Waals surface area contributed by atoms with Crippen LogP contribution in [0.2, 0.25) is 0 Å². The second-order valence-electron chi connectivity index (χ2n) is 8.55. The van der Waals surface area contributed by atoms with Crippen molar-refractivity contribution in [3.05, 3.63) is 83.2 Å². The van der Waals surface area contributed by atoms with Gasteiger partial charge in [-0.2, -0.15) is 0 Å². The van der Waals surface area contributed by atoms with Crippen LogP contribution in [0.15, 0.2) is 81.0 Å². The van der Waals surface area contributed by atoms with E-state index in [1.165, 1.54) is 30.3 Å². The Balaban J connectivity index is 1.47. The second-order valence-corrected chi connectivity index (χ2v) is 9.56. The molecule has 0 N–H and O–H groups in total. The molecule has 3 aromatic rings. The fourth-order valence-electron chi connectivity index (χ4n) is 4.48. The number of halogens is 1. The first-order chi connectivity index (χ1) is 16.1. The zero-order chi connectivity index (χ0) is 22.8. The van der Waals surface area contributed by atoms with E-state index in [1.807, 2.05) is 47.4 Å². The van der Waals surface area contributed by atoms with Crippen LogP contribution in [0, 0.1) is 11.7 Å². The molecule has 2 atom stereocenters. The highest BCUT2D eigenvalue weighted by Crippen LogP contribution is 2.40. The topological polar surface area (TPSA) is 45.8 Å². The van der Waals surface area contributed by atoms with Gasteiger partial charge in [-0.25, -0.2) is 9.38 Å². The summed E-state index contributed by atoms with van der Waals surface area (Å²) in [6, 6.07) is 19.7. The third-order valence-electron chi connectivity index (χ3n) is 6.24. The van der Waals surface area contributed by atoms with Crippen molar-refractivity contribution < 1.29 is 13.6 Å². The van der Waals surface area contributed by atoms with E-state index in [0.717, 1.165) is 35.7 Å². The van der Waals surface area contributed by atoms with Crippen LogP contribution in [-0.2, 0) is 4.79 Å². The minimum atomic E-state index is -0.289. The van der Waals surface area contributed by atoms with E-state index in [9.17, 15) is 9.18 Å². The monoisotopic (exact) mass is 460 g/mol. The maximum Gasteiger partial charge on any atom is 0.267 e. The van der Waals surface area contributed by atoms with Crippen LogP contribution in [0.4, 0.5) is 10.1 Å². The third-order valence-corrected chi connectivity index (χ3v) is 7.23. The summed E-state index contributed by atoms with van der Waals surface area (Å²) in [7, 11) is 0. The van der Waals surface area contributed by atoms with Crippen molar-refractivity contribution in [2.24, 2.45) is 10.9 Å². The molecule has 1 aromatic heterocycles. The van der Waals surface area contributed by atoms with E-state index in [4.69, 9.17) is 9.41 Å². The Morgan fingerprint density at radius 2 is 1.79 bits per heavy atom. The van der Waals surface area contributed by atoms with E-state index in [2.05, 4.69) is 6.92 Å². The van der Waals surface area contributed by atoms with E-state index in [1.54, 1.807) is 18.2 Å². The number of amides is 1. The number of thioether (sulfide) groups is 1. The first kappa shape index (κ1) is 21.7. The normalized spacial score (nSPS) is 23.6. The van der Waals surface area contributed by atoms with Crippen LogP contribution >= 0.6 is 11.8 Å². The Morgan fingerprint density at radius 3 is 2.55 bits per heavy atom. The molecule has 2 aliphatic rings. The number of furan rings is 1. The van der Waals surface area contributed by atoms with Gasteiger partial charge < -0.3 is 4.42 Å². The highest BCUT2D eigenvalue weighted by atomic mass is 32.2. The van der Waals surface area contributed by atoms with Gasteiger partial charge in [0.25, 0.3) is 5.91 Å². The molecule has 0 unspecified atom stereocenters. The molecule has 1 aliphatic carbocycles. The molecule has 168 valence electrons. The Hall–Kier alpha value is -3.12. The molecular weight excluding hydrogens is 435 g/mol. The molecule has 4 nitrogen and oxygen atoms in total. The number of aliphatic imine (C=N–C) groups is 1. The summed E-state index contributed by atoms with van der Waals surface area (Å²) in [5, 5.41) is 0.724. The van der Waals surface area contributed by atoms with Crippen molar-refractivity contribution in [1.29, 1.82) is 0 Å². The lowest BCUT2D eigenvalue weighted by atomic mass is 9.85. The molecule has 0 bridgehead atoms. The Labute approximate surface area is 197 Å². The fourth-order valence-corrected chi connectivity index (χ4v) is 5.50. The number of hydrogen-bond donors (Lipinski definition) is 0. The van der Waals surface area contributed by atoms with Crippen LogP contribution in [-0.4, -0.2) is 22.0 Å². The van der Waals surface area contributed by atoms with Gasteiger partial charge in [-0.3, -0.25) is 9.69 Å². The molecule has 33 heavy (non-hydrogen) atoms. The Kier molecular flexibility index (Phi) is 6.18. The predicted octanol–water partition coefficient (Wildman–Crippen LogP) is 7.27. The largest absolute Gasteiger partial charge is 0.457 e. The second kappa shape index (κ2) is 9.40. The van der Waals surface area contributed by atoms with Crippen molar-refractivity contribution in [2.45, 2.75) is 38.6 Å². The lowest BCUT2D eigenvalue weighted by Gasteiger charge is -2.35. The number of para-hydroxylation sites is 1. The molecular formula is C27H25FN2O2S. The summed E-state index contributed by atoms with van der Waals surface area (Å²) in [5.41, 5.74) is 1.62. The van der Waals surface area contributed by atoms with Gasteiger partial charge in [0.1, 0.15) is 17.3 Å². The summed E-state index contributed by atoms with van der Waals surface area (Å²) in [4.78, 5) is 20.9. The van der Waals surface area contributed by atoms with Crippen molar-refractivity contribution >= 4 is 34.6 Å². The number of benzene rings is 2. The number of rotatable bonds is 4. The molecule has 5 rings (SSSR count). The summed E-state index contributed by atoms with van der Waals surface area (Å²) in [6.07, 6.45) is 6.23. The minimum Gasteiger partial charge on any atom is -0.457 e. The van der Waals surface area contributed by atoms with Crippen molar-refractivity contribution in [2.75, 3.05) is 0 Å².